The lowest BCUT2D eigenvalue weighted by atomic mass is 9.98. The SMILES string of the molecule is NCc1nc(CC2CCCOC2)no1. The third-order valence-corrected chi connectivity index (χ3v) is 2.41. The van der Waals surface area contributed by atoms with Crippen LogP contribution in [0.15, 0.2) is 4.52 Å². The number of nitrogens with two attached hydrogens (primary N) is 1. The topological polar surface area (TPSA) is 74.2 Å². The largest absolute Gasteiger partial charge is 0.381 e. The van der Waals surface area contributed by atoms with Gasteiger partial charge < -0.3 is 15.0 Å². The number of hydrogen-bond acceptors (Lipinski definition) is 5. The summed E-state index contributed by atoms with van der Waals surface area (Å²) in [6.07, 6.45) is 3.16. The minimum atomic E-state index is 0.314. The lowest BCUT2D eigenvalue weighted by Crippen LogP contribution is -2.19. The first kappa shape index (κ1) is 9.61. The molecular weight excluding hydrogens is 182 g/mol. The van der Waals surface area contributed by atoms with Gasteiger partial charge >= 0.3 is 0 Å². The van der Waals surface area contributed by atoms with Crippen molar-refractivity contribution in [3.05, 3.63) is 11.7 Å². The van der Waals surface area contributed by atoms with Gasteiger partial charge in [-0.3, -0.25) is 0 Å². The van der Waals surface area contributed by atoms with Crippen molar-refractivity contribution in [3.8, 4) is 0 Å². The van der Waals surface area contributed by atoms with Gasteiger partial charge in [0.2, 0.25) is 5.89 Å². The maximum absolute atomic E-state index is 5.38. The zero-order valence-electron chi connectivity index (χ0n) is 8.11. The molecule has 78 valence electrons. The Morgan fingerprint density at radius 1 is 1.50 bits per heavy atom. The molecule has 1 aliphatic heterocycles. The summed E-state index contributed by atoms with van der Waals surface area (Å²) in [6.45, 7) is 2.01. The highest BCUT2D eigenvalue weighted by atomic mass is 16.5. The Hall–Kier alpha value is -0.940. The molecule has 5 heteroatoms. The average molecular weight is 197 g/mol. The van der Waals surface area contributed by atoms with Crippen molar-refractivity contribution < 1.29 is 9.26 Å². The summed E-state index contributed by atoms with van der Waals surface area (Å²) in [7, 11) is 0. The predicted molar refractivity (Wildman–Crippen MR) is 49.4 cm³/mol. The summed E-state index contributed by atoms with van der Waals surface area (Å²) in [5.74, 6) is 1.80. The maximum atomic E-state index is 5.38. The molecule has 0 aliphatic carbocycles. The molecule has 1 fully saturated rings. The second kappa shape index (κ2) is 4.52. The van der Waals surface area contributed by atoms with Crippen molar-refractivity contribution >= 4 is 0 Å². The van der Waals surface area contributed by atoms with Gasteiger partial charge in [-0.05, 0) is 18.8 Å². The van der Waals surface area contributed by atoms with Crippen LogP contribution in [0.3, 0.4) is 0 Å². The summed E-state index contributed by atoms with van der Waals surface area (Å²) in [5, 5.41) is 3.86. The number of ether oxygens (including phenoxy) is 1. The summed E-state index contributed by atoms with van der Waals surface area (Å²) in [4.78, 5) is 4.16. The molecule has 0 saturated carbocycles. The maximum Gasteiger partial charge on any atom is 0.240 e. The zero-order chi connectivity index (χ0) is 9.80. The van der Waals surface area contributed by atoms with E-state index in [1.54, 1.807) is 0 Å². The number of nitrogens with zero attached hydrogens (tertiary/aromatic N) is 2. The molecule has 14 heavy (non-hydrogen) atoms. The minimum absolute atomic E-state index is 0.314. The molecule has 2 N–H and O–H groups in total. The van der Waals surface area contributed by atoms with Crippen LogP contribution >= 0.6 is 0 Å². The third kappa shape index (κ3) is 2.30. The lowest BCUT2D eigenvalue weighted by Gasteiger charge is -2.20. The van der Waals surface area contributed by atoms with E-state index in [2.05, 4.69) is 10.1 Å². The quantitative estimate of drug-likeness (QED) is 0.763. The van der Waals surface area contributed by atoms with Crippen LogP contribution in [0, 0.1) is 5.92 Å². The van der Waals surface area contributed by atoms with Crippen LogP contribution in [0.25, 0.3) is 0 Å². The van der Waals surface area contributed by atoms with Crippen LogP contribution in [0.5, 0.6) is 0 Å². The minimum Gasteiger partial charge on any atom is -0.381 e. The van der Waals surface area contributed by atoms with Crippen LogP contribution < -0.4 is 5.73 Å². The van der Waals surface area contributed by atoms with E-state index in [9.17, 15) is 0 Å². The molecule has 1 aromatic rings. The highest BCUT2D eigenvalue weighted by Crippen LogP contribution is 2.17. The van der Waals surface area contributed by atoms with E-state index in [0.29, 0.717) is 18.4 Å². The van der Waals surface area contributed by atoms with Crippen molar-refractivity contribution in [2.75, 3.05) is 13.2 Å². The molecule has 1 saturated heterocycles. The number of aromatic nitrogens is 2. The highest BCUT2D eigenvalue weighted by Gasteiger charge is 2.17. The summed E-state index contributed by atoms with van der Waals surface area (Å²) >= 11 is 0. The average Bonchev–Trinajstić information content (AvgIpc) is 2.67. The van der Waals surface area contributed by atoms with E-state index in [1.165, 1.54) is 6.42 Å². The van der Waals surface area contributed by atoms with Crippen LogP contribution in [0.4, 0.5) is 0 Å². The lowest BCUT2D eigenvalue weighted by molar-refractivity contribution is 0.0541. The summed E-state index contributed by atoms with van der Waals surface area (Å²) in [5.41, 5.74) is 5.38. The third-order valence-electron chi connectivity index (χ3n) is 2.41. The molecule has 2 heterocycles. The molecule has 1 aromatic heterocycles. The van der Waals surface area contributed by atoms with Crippen molar-refractivity contribution in [2.45, 2.75) is 25.8 Å². The van der Waals surface area contributed by atoms with Gasteiger partial charge in [0.15, 0.2) is 5.82 Å². The van der Waals surface area contributed by atoms with Gasteiger partial charge in [-0.1, -0.05) is 5.16 Å². The molecule has 1 unspecified atom stereocenters. The Morgan fingerprint density at radius 2 is 2.43 bits per heavy atom. The Labute approximate surface area is 82.6 Å². The molecule has 0 aromatic carbocycles. The van der Waals surface area contributed by atoms with Crippen LogP contribution in [0.2, 0.25) is 0 Å². The summed E-state index contributed by atoms with van der Waals surface area (Å²) in [6, 6.07) is 0. The van der Waals surface area contributed by atoms with Gasteiger partial charge in [-0.25, -0.2) is 0 Å². The normalized spacial score (nSPS) is 22.5. The van der Waals surface area contributed by atoms with Gasteiger partial charge in [-0.2, -0.15) is 4.98 Å². The van der Waals surface area contributed by atoms with E-state index < -0.39 is 0 Å². The van der Waals surface area contributed by atoms with E-state index in [1.807, 2.05) is 0 Å². The van der Waals surface area contributed by atoms with Gasteiger partial charge in [-0.15, -0.1) is 0 Å². The van der Waals surface area contributed by atoms with Gasteiger partial charge in [0, 0.05) is 19.6 Å². The Balaban J connectivity index is 1.89. The van der Waals surface area contributed by atoms with Crippen LogP contribution in [-0.2, 0) is 17.7 Å². The van der Waals surface area contributed by atoms with Crippen molar-refractivity contribution in [2.24, 2.45) is 11.7 Å². The zero-order valence-corrected chi connectivity index (χ0v) is 8.11. The molecule has 0 amide bonds. The molecule has 0 radical (unpaired) electrons. The van der Waals surface area contributed by atoms with E-state index in [4.69, 9.17) is 15.0 Å². The van der Waals surface area contributed by atoms with Crippen molar-refractivity contribution in [1.29, 1.82) is 0 Å². The molecule has 1 aliphatic rings. The monoisotopic (exact) mass is 197 g/mol. The van der Waals surface area contributed by atoms with Crippen molar-refractivity contribution in [3.63, 3.8) is 0 Å². The predicted octanol–water partition coefficient (Wildman–Crippen LogP) is 0.497. The fourth-order valence-electron chi connectivity index (χ4n) is 1.68. The van der Waals surface area contributed by atoms with Gasteiger partial charge in [0.1, 0.15) is 0 Å². The van der Waals surface area contributed by atoms with E-state index >= 15 is 0 Å². The van der Waals surface area contributed by atoms with Crippen LogP contribution in [-0.4, -0.2) is 23.4 Å². The van der Waals surface area contributed by atoms with E-state index in [0.717, 1.165) is 31.9 Å². The van der Waals surface area contributed by atoms with Crippen molar-refractivity contribution in [1.82, 2.24) is 10.1 Å². The van der Waals surface area contributed by atoms with Gasteiger partial charge in [0.25, 0.3) is 0 Å². The smallest absolute Gasteiger partial charge is 0.240 e. The number of rotatable bonds is 3. The second-order valence-corrected chi connectivity index (χ2v) is 3.60. The highest BCUT2D eigenvalue weighted by molar-refractivity contribution is 4.88. The number of hydrogen-bond donors (Lipinski definition) is 1. The first-order chi connectivity index (χ1) is 6.88. The second-order valence-electron chi connectivity index (χ2n) is 3.60. The first-order valence-corrected chi connectivity index (χ1v) is 4.97. The first-order valence-electron chi connectivity index (χ1n) is 4.97. The molecular formula is C9H15N3O2. The van der Waals surface area contributed by atoms with Crippen LogP contribution in [0.1, 0.15) is 24.6 Å². The molecule has 5 nitrogen and oxygen atoms in total. The molecule has 0 bridgehead atoms. The Kier molecular flexibility index (Phi) is 3.10. The molecule has 1 atom stereocenters. The van der Waals surface area contributed by atoms with E-state index in [-0.39, 0.29) is 0 Å². The Bertz CT molecular complexity index is 281. The fourth-order valence-corrected chi connectivity index (χ4v) is 1.68. The van der Waals surface area contributed by atoms with Gasteiger partial charge in [0.05, 0.1) is 6.54 Å². The molecule has 2 rings (SSSR count). The Morgan fingerprint density at radius 3 is 3.07 bits per heavy atom. The summed E-state index contributed by atoms with van der Waals surface area (Å²) < 4.78 is 10.3. The fraction of sp³-hybridized carbons (Fsp3) is 0.778. The molecule has 0 spiro atoms. The standard InChI is InChI=1S/C9H15N3O2/c10-5-9-11-8(12-14-9)4-7-2-1-3-13-6-7/h7H,1-6,10H2.